The third kappa shape index (κ3) is 4.93. The van der Waals surface area contributed by atoms with Crippen LogP contribution in [0.1, 0.15) is 39.2 Å². The number of aromatic nitrogens is 2. The van der Waals surface area contributed by atoms with Gasteiger partial charge in [0, 0.05) is 19.5 Å². The Kier molecular flexibility index (Phi) is 6.85. The van der Waals surface area contributed by atoms with Crippen molar-refractivity contribution in [2.24, 2.45) is 0 Å². The summed E-state index contributed by atoms with van der Waals surface area (Å²) < 4.78 is 10.7. The molecule has 1 unspecified atom stereocenters. The van der Waals surface area contributed by atoms with Crippen LogP contribution in [0.25, 0.3) is 0 Å². The molecule has 0 saturated heterocycles. The number of nitrogens with one attached hydrogen (secondary N) is 2. The van der Waals surface area contributed by atoms with Crippen molar-refractivity contribution < 1.29 is 14.1 Å². The fourth-order valence-corrected chi connectivity index (χ4v) is 3.39. The van der Waals surface area contributed by atoms with Gasteiger partial charge < -0.3 is 19.9 Å². The fraction of sp³-hybridized carbons (Fsp3) is 0.286. The van der Waals surface area contributed by atoms with Gasteiger partial charge in [0.1, 0.15) is 5.75 Å². The first-order chi connectivity index (χ1) is 13.7. The van der Waals surface area contributed by atoms with Crippen LogP contribution in [-0.2, 0) is 13.0 Å². The Balaban J connectivity index is 0.00000240. The zero-order valence-electron chi connectivity index (χ0n) is 16.1. The van der Waals surface area contributed by atoms with Gasteiger partial charge in [-0.15, -0.1) is 12.4 Å². The van der Waals surface area contributed by atoms with Crippen LogP contribution in [0.3, 0.4) is 0 Å². The van der Waals surface area contributed by atoms with Gasteiger partial charge in [-0.25, -0.2) is 0 Å². The molecule has 0 saturated carbocycles. The lowest BCUT2D eigenvalue weighted by Crippen LogP contribution is -2.38. The first kappa shape index (κ1) is 20.8. The molecule has 8 heteroatoms. The number of fused-ring (bicyclic) bond motifs is 1. The molecule has 29 heavy (non-hydrogen) atoms. The summed E-state index contributed by atoms with van der Waals surface area (Å²) in [5, 5.41) is 10.3. The lowest BCUT2D eigenvalue weighted by molar-refractivity contribution is 0.0944. The van der Waals surface area contributed by atoms with Gasteiger partial charge in [0.2, 0.25) is 11.7 Å². The standard InChI is InChI=1S/C21H22N4O3.ClH/c1-14-24-20(25-28-14)13-27-19-9-5-4-8-17(19)21(26)23-12-18-16-7-3-2-6-15(16)10-11-22-18;/h2-9,18,22H,10-13H2,1H3,(H,23,26);1H. The normalized spacial score (nSPS) is 15.1. The Labute approximate surface area is 175 Å². The highest BCUT2D eigenvalue weighted by Crippen LogP contribution is 2.23. The molecular weight excluding hydrogens is 392 g/mol. The minimum atomic E-state index is -0.176. The maximum Gasteiger partial charge on any atom is 0.255 e. The zero-order valence-corrected chi connectivity index (χ0v) is 16.9. The van der Waals surface area contributed by atoms with E-state index in [9.17, 15) is 4.79 Å². The number of amides is 1. The van der Waals surface area contributed by atoms with E-state index in [-0.39, 0.29) is 31.0 Å². The van der Waals surface area contributed by atoms with Crippen molar-refractivity contribution in [3.8, 4) is 5.75 Å². The topological polar surface area (TPSA) is 89.3 Å². The Hall–Kier alpha value is -2.90. The lowest BCUT2D eigenvalue weighted by Gasteiger charge is -2.27. The third-order valence-corrected chi connectivity index (χ3v) is 4.74. The predicted molar refractivity (Wildman–Crippen MR) is 110 cm³/mol. The minimum Gasteiger partial charge on any atom is -0.485 e. The second kappa shape index (κ2) is 9.54. The van der Waals surface area contributed by atoms with Crippen molar-refractivity contribution in [1.82, 2.24) is 20.8 Å². The number of ether oxygens (including phenoxy) is 1. The highest BCUT2D eigenvalue weighted by atomic mass is 35.5. The molecular formula is C21H23ClN4O3. The van der Waals surface area contributed by atoms with Crippen molar-refractivity contribution in [3.63, 3.8) is 0 Å². The number of aryl methyl sites for hydroxylation is 1. The van der Waals surface area contributed by atoms with Gasteiger partial charge in [-0.05, 0) is 36.2 Å². The van der Waals surface area contributed by atoms with Crippen molar-refractivity contribution in [2.45, 2.75) is 26.0 Å². The van der Waals surface area contributed by atoms with E-state index in [4.69, 9.17) is 9.26 Å². The van der Waals surface area contributed by atoms with Gasteiger partial charge in [-0.1, -0.05) is 41.6 Å². The molecule has 2 aromatic carbocycles. The molecule has 2 N–H and O–H groups in total. The van der Waals surface area contributed by atoms with Gasteiger partial charge >= 0.3 is 0 Å². The molecule has 3 aromatic rings. The molecule has 0 spiro atoms. The number of benzene rings is 2. The van der Waals surface area contributed by atoms with E-state index in [2.05, 4.69) is 39.0 Å². The zero-order chi connectivity index (χ0) is 19.3. The summed E-state index contributed by atoms with van der Waals surface area (Å²) in [6.07, 6.45) is 1.01. The molecule has 0 fully saturated rings. The summed E-state index contributed by atoms with van der Waals surface area (Å²) in [6.45, 7) is 3.27. The second-order valence-electron chi connectivity index (χ2n) is 6.68. The Bertz CT molecular complexity index is 976. The Morgan fingerprint density at radius 3 is 2.86 bits per heavy atom. The molecule has 1 amide bonds. The molecule has 0 bridgehead atoms. The van der Waals surface area contributed by atoms with E-state index in [0.29, 0.717) is 29.6 Å². The maximum absolute atomic E-state index is 12.8. The van der Waals surface area contributed by atoms with Gasteiger partial charge in [0.15, 0.2) is 6.61 Å². The van der Waals surface area contributed by atoms with E-state index < -0.39 is 0 Å². The number of halogens is 1. The van der Waals surface area contributed by atoms with E-state index in [1.807, 2.05) is 18.2 Å². The van der Waals surface area contributed by atoms with Gasteiger partial charge in [0.25, 0.3) is 5.91 Å². The minimum absolute atomic E-state index is 0. The first-order valence-corrected chi connectivity index (χ1v) is 9.31. The number of nitrogens with zero attached hydrogens (tertiary/aromatic N) is 2. The average molecular weight is 415 g/mol. The van der Waals surface area contributed by atoms with Crippen molar-refractivity contribution in [1.29, 1.82) is 0 Å². The Morgan fingerprint density at radius 2 is 2.03 bits per heavy atom. The third-order valence-electron chi connectivity index (χ3n) is 4.74. The van der Waals surface area contributed by atoms with E-state index in [1.54, 1.807) is 19.1 Å². The molecule has 7 nitrogen and oxygen atoms in total. The van der Waals surface area contributed by atoms with Crippen LogP contribution >= 0.6 is 12.4 Å². The largest absolute Gasteiger partial charge is 0.485 e. The summed E-state index contributed by atoms with van der Waals surface area (Å²) in [5.74, 6) is 1.23. The summed E-state index contributed by atoms with van der Waals surface area (Å²) in [7, 11) is 0. The SMILES string of the molecule is Cc1nc(COc2ccccc2C(=O)NCC2NCCc3ccccc32)no1.Cl. The summed E-state index contributed by atoms with van der Waals surface area (Å²) in [4.78, 5) is 16.9. The number of para-hydroxylation sites is 1. The van der Waals surface area contributed by atoms with Crippen LogP contribution in [0.5, 0.6) is 5.75 Å². The molecule has 152 valence electrons. The predicted octanol–water partition coefficient (Wildman–Crippen LogP) is 3.00. The average Bonchev–Trinajstić information content (AvgIpc) is 3.16. The summed E-state index contributed by atoms with van der Waals surface area (Å²) in [5.41, 5.74) is 3.05. The first-order valence-electron chi connectivity index (χ1n) is 9.31. The quantitative estimate of drug-likeness (QED) is 0.644. The van der Waals surface area contributed by atoms with Crippen LogP contribution in [0, 0.1) is 6.92 Å². The highest BCUT2D eigenvalue weighted by molar-refractivity contribution is 5.96. The van der Waals surface area contributed by atoms with Crippen LogP contribution < -0.4 is 15.4 Å². The van der Waals surface area contributed by atoms with Gasteiger partial charge in [0.05, 0.1) is 5.56 Å². The van der Waals surface area contributed by atoms with E-state index in [0.717, 1.165) is 13.0 Å². The molecule has 4 rings (SSSR count). The molecule has 1 aliphatic heterocycles. The molecule has 1 atom stereocenters. The Morgan fingerprint density at radius 1 is 1.24 bits per heavy atom. The molecule has 0 radical (unpaired) electrons. The monoisotopic (exact) mass is 414 g/mol. The molecule has 1 aliphatic rings. The fourth-order valence-electron chi connectivity index (χ4n) is 3.39. The van der Waals surface area contributed by atoms with Crippen molar-refractivity contribution >= 4 is 18.3 Å². The molecule has 0 aliphatic carbocycles. The number of hydrogen-bond acceptors (Lipinski definition) is 6. The van der Waals surface area contributed by atoms with Crippen LogP contribution in [0.4, 0.5) is 0 Å². The maximum atomic E-state index is 12.8. The van der Waals surface area contributed by atoms with Crippen LogP contribution in [-0.4, -0.2) is 29.1 Å². The number of rotatable bonds is 6. The van der Waals surface area contributed by atoms with E-state index >= 15 is 0 Å². The number of carbonyl (C=O) groups excluding carboxylic acids is 1. The molecule has 2 heterocycles. The van der Waals surface area contributed by atoms with Crippen LogP contribution in [0.15, 0.2) is 53.1 Å². The van der Waals surface area contributed by atoms with E-state index in [1.165, 1.54) is 11.1 Å². The lowest BCUT2D eigenvalue weighted by atomic mass is 9.94. The summed E-state index contributed by atoms with van der Waals surface area (Å²) >= 11 is 0. The van der Waals surface area contributed by atoms with Crippen LogP contribution in [0.2, 0.25) is 0 Å². The van der Waals surface area contributed by atoms with Gasteiger partial charge in [-0.2, -0.15) is 4.98 Å². The summed E-state index contributed by atoms with van der Waals surface area (Å²) in [6, 6.07) is 15.6. The number of carbonyl (C=O) groups is 1. The smallest absolute Gasteiger partial charge is 0.255 e. The van der Waals surface area contributed by atoms with Gasteiger partial charge in [-0.3, -0.25) is 4.79 Å². The second-order valence-corrected chi connectivity index (χ2v) is 6.68. The highest BCUT2D eigenvalue weighted by Gasteiger charge is 2.21. The molecule has 1 aromatic heterocycles. The van der Waals surface area contributed by atoms with Crippen molar-refractivity contribution in [3.05, 3.63) is 76.9 Å². The van der Waals surface area contributed by atoms with Crippen molar-refractivity contribution in [2.75, 3.05) is 13.1 Å². The number of hydrogen-bond donors (Lipinski definition) is 2.